The average Bonchev–Trinajstić information content (AvgIpc) is 2.44. The van der Waals surface area contributed by atoms with Crippen molar-refractivity contribution in [1.29, 1.82) is 0 Å². The van der Waals surface area contributed by atoms with Gasteiger partial charge in [-0.1, -0.05) is 47.5 Å². The van der Waals surface area contributed by atoms with Crippen LogP contribution in [0.25, 0.3) is 0 Å². The highest BCUT2D eigenvalue weighted by atomic mass is 33.1. The Labute approximate surface area is 126 Å². The van der Waals surface area contributed by atoms with Crippen LogP contribution >= 0.6 is 21.6 Å². The van der Waals surface area contributed by atoms with Crippen LogP contribution in [0.1, 0.15) is 31.8 Å². The molecule has 0 amide bonds. The van der Waals surface area contributed by atoms with E-state index in [2.05, 4.69) is 0 Å². The minimum atomic E-state index is -0.0975. The van der Waals surface area contributed by atoms with E-state index in [4.69, 9.17) is 0 Å². The van der Waals surface area contributed by atoms with Crippen molar-refractivity contribution in [2.45, 2.75) is 13.8 Å². The molecule has 20 heavy (non-hydrogen) atoms. The fourth-order valence-electron chi connectivity index (χ4n) is 1.72. The highest BCUT2D eigenvalue weighted by Gasteiger charge is 2.13. The molecule has 0 spiro atoms. The summed E-state index contributed by atoms with van der Waals surface area (Å²) in [6.07, 6.45) is 0. The fourth-order valence-corrected chi connectivity index (χ4v) is 3.35. The van der Waals surface area contributed by atoms with Crippen LogP contribution in [0.15, 0.2) is 48.5 Å². The number of carbonyl (C=O) groups is 2. The number of aryl methyl sites for hydroxylation is 2. The van der Waals surface area contributed by atoms with E-state index in [0.29, 0.717) is 11.1 Å². The first-order valence-electron chi connectivity index (χ1n) is 6.13. The van der Waals surface area contributed by atoms with Crippen molar-refractivity contribution in [3.63, 3.8) is 0 Å². The minimum Gasteiger partial charge on any atom is -0.281 e. The lowest BCUT2D eigenvalue weighted by atomic mass is 10.2. The Hall–Kier alpha value is -1.52. The summed E-state index contributed by atoms with van der Waals surface area (Å²) >= 11 is 0. The maximum absolute atomic E-state index is 12.0. The van der Waals surface area contributed by atoms with E-state index in [9.17, 15) is 9.59 Å². The maximum Gasteiger partial charge on any atom is 0.230 e. The molecule has 0 atom stereocenters. The molecular weight excluding hydrogens is 288 g/mol. The minimum absolute atomic E-state index is 0.0975. The van der Waals surface area contributed by atoms with Crippen LogP contribution in [0.2, 0.25) is 0 Å². The second-order valence-electron chi connectivity index (χ2n) is 4.48. The second kappa shape index (κ2) is 6.77. The van der Waals surface area contributed by atoms with E-state index in [1.165, 1.54) is 0 Å². The standard InChI is InChI=1S/C16H14O2S2/c1-11-5-3-7-13(9-11)15(17)19-20-16(18)14-8-4-6-12(2)10-14/h3-10H,1-2H3. The molecule has 2 aromatic rings. The van der Waals surface area contributed by atoms with Crippen molar-refractivity contribution in [3.8, 4) is 0 Å². The van der Waals surface area contributed by atoms with Crippen molar-refractivity contribution in [2.24, 2.45) is 0 Å². The predicted molar refractivity (Wildman–Crippen MR) is 86.2 cm³/mol. The smallest absolute Gasteiger partial charge is 0.230 e. The molecule has 2 aromatic carbocycles. The van der Waals surface area contributed by atoms with Crippen molar-refractivity contribution < 1.29 is 9.59 Å². The average molecular weight is 302 g/mol. The van der Waals surface area contributed by atoms with Gasteiger partial charge in [0.1, 0.15) is 0 Å². The lowest BCUT2D eigenvalue weighted by Crippen LogP contribution is -1.95. The summed E-state index contributed by atoms with van der Waals surface area (Å²) in [7, 11) is 1.95. The first kappa shape index (κ1) is 14.9. The molecule has 0 N–H and O–H groups in total. The molecule has 0 aliphatic rings. The summed E-state index contributed by atoms with van der Waals surface area (Å²) in [6.45, 7) is 3.87. The van der Waals surface area contributed by atoms with Crippen molar-refractivity contribution in [1.82, 2.24) is 0 Å². The molecule has 0 heterocycles. The summed E-state index contributed by atoms with van der Waals surface area (Å²) < 4.78 is 0. The number of hydrogen-bond donors (Lipinski definition) is 0. The summed E-state index contributed by atoms with van der Waals surface area (Å²) in [5.41, 5.74) is 3.32. The number of rotatable bonds is 2. The molecule has 0 radical (unpaired) electrons. The summed E-state index contributed by atoms with van der Waals surface area (Å²) in [4.78, 5) is 24.0. The Balaban J connectivity index is 1.98. The van der Waals surface area contributed by atoms with Gasteiger partial charge in [0.15, 0.2) is 0 Å². The van der Waals surface area contributed by atoms with Crippen molar-refractivity contribution in [2.75, 3.05) is 0 Å². The molecule has 2 nitrogen and oxygen atoms in total. The highest BCUT2D eigenvalue weighted by Crippen LogP contribution is 2.29. The molecule has 4 heteroatoms. The Morgan fingerprint density at radius 3 is 1.50 bits per heavy atom. The molecule has 102 valence electrons. The van der Waals surface area contributed by atoms with Gasteiger partial charge >= 0.3 is 0 Å². The molecule has 0 bridgehead atoms. The van der Waals surface area contributed by atoms with Crippen molar-refractivity contribution in [3.05, 3.63) is 70.8 Å². The highest BCUT2D eigenvalue weighted by molar-refractivity contribution is 8.87. The topological polar surface area (TPSA) is 34.1 Å². The molecule has 0 saturated heterocycles. The summed E-state index contributed by atoms with van der Waals surface area (Å²) in [5.74, 6) is 0. The zero-order chi connectivity index (χ0) is 14.5. The molecule has 0 aliphatic heterocycles. The SMILES string of the molecule is Cc1cccc(C(=O)SSC(=O)c2cccc(C)c2)c1. The third kappa shape index (κ3) is 3.99. The van der Waals surface area contributed by atoms with Crippen LogP contribution in [-0.2, 0) is 0 Å². The fraction of sp³-hybridized carbons (Fsp3) is 0.125. The van der Waals surface area contributed by atoms with E-state index in [0.717, 1.165) is 32.7 Å². The third-order valence-electron chi connectivity index (χ3n) is 2.70. The monoisotopic (exact) mass is 302 g/mol. The molecule has 2 rings (SSSR count). The van der Waals surface area contributed by atoms with Crippen molar-refractivity contribution >= 4 is 31.8 Å². The van der Waals surface area contributed by atoms with E-state index in [1.54, 1.807) is 12.1 Å². The molecule has 0 aromatic heterocycles. The van der Waals surface area contributed by atoms with Gasteiger partial charge in [-0.3, -0.25) is 9.59 Å². The van der Waals surface area contributed by atoms with Gasteiger partial charge in [0, 0.05) is 11.1 Å². The van der Waals surface area contributed by atoms with Gasteiger partial charge in [0.2, 0.25) is 10.2 Å². The van der Waals surface area contributed by atoms with Crippen LogP contribution in [0.3, 0.4) is 0 Å². The third-order valence-corrected chi connectivity index (χ3v) is 4.72. The Morgan fingerprint density at radius 2 is 1.15 bits per heavy atom. The lowest BCUT2D eigenvalue weighted by molar-refractivity contribution is 0.107. The molecule has 0 fully saturated rings. The van der Waals surface area contributed by atoms with Gasteiger partial charge < -0.3 is 0 Å². The van der Waals surface area contributed by atoms with E-state index in [1.807, 2.05) is 50.2 Å². The van der Waals surface area contributed by atoms with E-state index >= 15 is 0 Å². The van der Waals surface area contributed by atoms with Gasteiger partial charge in [0.25, 0.3) is 0 Å². The van der Waals surface area contributed by atoms with Gasteiger partial charge in [-0.2, -0.15) is 0 Å². The number of benzene rings is 2. The van der Waals surface area contributed by atoms with Crippen LogP contribution in [0, 0.1) is 13.8 Å². The Bertz CT molecular complexity index is 593. The normalized spacial score (nSPS) is 10.3. The molecule has 0 saturated carbocycles. The summed E-state index contributed by atoms with van der Waals surface area (Å²) in [5, 5.41) is -0.195. The molecule has 0 aliphatic carbocycles. The quantitative estimate of drug-likeness (QED) is 0.755. The van der Waals surface area contributed by atoms with E-state index < -0.39 is 0 Å². The van der Waals surface area contributed by atoms with Crippen LogP contribution in [0.4, 0.5) is 0 Å². The van der Waals surface area contributed by atoms with Gasteiger partial charge in [-0.05, 0) is 47.6 Å². The summed E-state index contributed by atoms with van der Waals surface area (Å²) in [6, 6.07) is 14.7. The largest absolute Gasteiger partial charge is 0.281 e. The van der Waals surface area contributed by atoms with Crippen LogP contribution in [-0.4, -0.2) is 10.2 Å². The zero-order valence-electron chi connectivity index (χ0n) is 11.3. The maximum atomic E-state index is 12.0. The zero-order valence-corrected chi connectivity index (χ0v) is 12.9. The number of hydrogen-bond acceptors (Lipinski definition) is 4. The van der Waals surface area contributed by atoms with Crippen LogP contribution < -0.4 is 0 Å². The van der Waals surface area contributed by atoms with Gasteiger partial charge in [0.05, 0.1) is 0 Å². The first-order valence-corrected chi connectivity index (χ1v) is 8.28. The number of carbonyl (C=O) groups excluding carboxylic acids is 2. The Kier molecular flexibility index (Phi) is 5.04. The predicted octanol–water partition coefficient (Wildman–Crippen LogP) is 4.67. The van der Waals surface area contributed by atoms with Gasteiger partial charge in [-0.25, -0.2) is 0 Å². The van der Waals surface area contributed by atoms with Crippen LogP contribution in [0.5, 0.6) is 0 Å². The molecular formula is C16H14O2S2. The van der Waals surface area contributed by atoms with E-state index in [-0.39, 0.29) is 10.2 Å². The molecule has 0 unspecified atom stereocenters. The van der Waals surface area contributed by atoms with Gasteiger partial charge in [-0.15, -0.1) is 0 Å². The Morgan fingerprint density at radius 1 is 0.750 bits per heavy atom. The lowest BCUT2D eigenvalue weighted by Gasteiger charge is -2.02. The first-order chi connectivity index (χ1) is 9.56. The second-order valence-corrected chi connectivity index (χ2v) is 6.56.